The summed E-state index contributed by atoms with van der Waals surface area (Å²) in [5.41, 5.74) is 0.873. The highest BCUT2D eigenvalue weighted by Crippen LogP contribution is 2.21. The lowest BCUT2D eigenvalue weighted by molar-refractivity contribution is -0.145. The standard InChI is InChI=1S/C13H18O4/c1-9(17-10(2)14)4-3-5-11-6-12(15)8-13(16)7-11/h6-9,15-16H,3-5H2,1-2H3/t9-/m1/s1. The number of phenols is 2. The summed E-state index contributed by atoms with van der Waals surface area (Å²) in [6.45, 7) is 3.24. The fraction of sp³-hybridized carbons (Fsp3) is 0.462. The summed E-state index contributed by atoms with van der Waals surface area (Å²) in [5, 5.41) is 18.6. The second-order valence-electron chi connectivity index (χ2n) is 4.17. The number of phenolic OH excluding ortho intramolecular Hbond substituents is 2. The van der Waals surface area contributed by atoms with Crippen molar-refractivity contribution < 1.29 is 19.7 Å². The molecule has 0 spiro atoms. The van der Waals surface area contributed by atoms with Gasteiger partial charge in [0.1, 0.15) is 11.5 Å². The lowest BCUT2D eigenvalue weighted by atomic mass is 10.1. The van der Waals surface area contributed by atoms with Crippen LogP contribution in [0.25, 0.3) is 0 Å². The van der Waals surface area contributed by atoms with E-state index in [0.717, 1.165) is 24.8 Å². The molecule has 1 rings (SSSR count). The third-order valence-electron chi connectivity index (χ3n) is 2.41. The summed E-state index contributed by atoms with van der Waals surface area (Å²) in [6.07, 6.45) is 2.22. The minimum absolute atomic E-state index is 0.0630. The summed E-state index contributed by atoms with van der Waals surface area (Å²) in [6, 6.07) is 4.54. The van der Waals surface area contributed by atoms with E-state index in [-0.39, 0.29) is 23.6 Å². The first kappa shape index (κ1) is 13.4. The van der Waals surface area contributed by atoms with Gasteiger partial charge in [-0.15, -0.1) is 0 Å². The van der Waals surface area contributed by atoms with Crippen molar-refractivity contribution in [2.24, 2.45) is 0 Å². The summed E-state index contributed by atoms with van der Waals surface area (Å²) in [5.74, 6) is -0.145. The topological polar surface area (TPSA) is 66.8 Å². The Morgan fingerprint density at radius 2 is 1.88 bits per heavy atom. The van der Waals surface area contributed by atoms with E-state index in [1.165, 1.54) is 13.0 Å². The number of rotatable bonds is 5. The van der Waals surface area contributed by atoms with E-state index in [1.807, 2.05) is 6.92 Å². The fourth-order valence-electron chi connectivity index (χ4n) is 1.74. The Balaban J connectivity index is 2.37. The highest BCUT2D eigenvalue weighted by molar-refractivity contribution is 5.66. The fourth-order valence-corrected chi connectivity index (χ4v) is 1.74. The van der Waals surface area contributed by atoms with Crippen molar-refractivity contribution in [3.8, 4) is 11.5 Å². The molecule has 0 saturated carbocycles. The van der Waals surface area contributed by atoms with E-state index in [9.17, 15) is 15.0 Å². The van der Waals surface area contributed by atoms with Gasteiger partial charge in [-0.05, 0) is 43.9 Å². The predicted octanol–water partition coefficient (Wildman–Crippen LogP) is 2.37. The van der Waals surface area contributed by atoms with Crippen LogP contribution in [0.2, 0.25) is 0 Å². The highest BCUT2D eigenvalue weighted by Gasteiger charge is 2.06. The molecule has 0 aliphatic carbocycles. The molecule has 4 heteroatoms. The first-order chi connectivity index (χ1) is 7.97. The minimum atomic E-state index is -0.271. The number of ether oxygens (including phenoxy) is 1. The molecule has 94 valence electrons. The Morgan fingerprint density at radius 3 is 2.41 bits per heavy atom. The SMILES string of the molecule is CC(=O)O[C@H](C)CCCc1cc(O)cc(O)c1. The molecule has 2 N–H and O–H groups in total. The summed E-state index contributed by atoms with van der Waals surface area (Å²) in [4.78, 5) is 10.7. The van der Waals surface area contributed by atoms with Gasteiger partial charge in [0, 0.05) is 13.0 Å². The Morgan fingerprint density at radius 1 is 1.29 bits per heavy atom. The van der Waals surface area contributed by atoms with E-state index < -0.39 is 0 Å². The molecule has 0 radical (unpaired) electrons. The highest BCUT2D eigenvalue weighted by atomic mass is 16.5. The number of aromatic hydroxyl groups is 2. The minimum Gasteiger partial charge on any atom is -0.508 e. The normalized spacial score (nSPS) is 12.1. The van der Waals surface area contributed by atoms with Gasteiger partial charge in [0.2, 0.25) is 0 Å². The van der Waals surface area contributed by atoms with E-state index in [0.29, 0.717) is 0 Å². The van der Waals surface area contributed by atoms with Gasteiger partial charge in [0.05, 0.1) is 6.10 Å². The third-order valence-corrected chi connectivity index (χ3v) is 2.41. The number of hydrogen-bond acceptors (Lipinski definition) is 4. The number of benzene rings is 1. The first-order valence-corrected chi connectivity index (χ1v) is 5.66. The zero-order valence-electron chi connectivity index (χ0n) is 10.1. The maximum atomic E-state index is 10.7. The molecule has 0 fully saturated rings. The molecule has 0 amide bonds. The van der Waals surface area contributed by atoms with Crippen LogP contribution in [-0.4, -0.2) is 22.3 Å². The molecule has 4 nitrogen and oxygen atoms in total. The zero-order valence-corrected chi connectivity index (χ0v) is 10.1. The lowest BCUT2D eigenvalue weighted by Crippen LogP contribution is -2.12. The number of carbonyl (C=O) groups excluding carboxylic acids is 1. The Kier molecular flexibility index (Phi) is 4.82. The van der Waals surface area contributed by atoms with E-state index in [2.05, 4.69) is 0 Å². The second kappa shape index (κ2) is 6.13. The van der Waals surface area contributed by atoms with Gasteiger partial charge in [-0.25, -0.2) is 0 Å². The Bertz CT molecular complexity index is 367. The van der Waals surface area contributed by atoms with Crippen molar-refractivity contribution in [2.45, 2.75) is 39.2 Å². The van der Waals surface area contributed by atoms with Crippen LogP contribution in [0, 0.1) is 0 Å². The third kappa shape index (κ3) is 5.24. The molecule has 0 heterocycles. The van der Waals surface area contributed by atoms with Crippen LogP contribution in [0.3, 0.4) is 0 Å². The Hall–Kier alpha value is -1.71. The van der Waals surface area contributed by atoms with Gasteiger partial charge in [-0.3, -0.25) is 4.79 Å². The smallest absolute Gasteiger partial charge is 0.302 e. The van der Waals surface area contributed by atoms with Crippen LogP contribution in [0.1, 0.15) is 32.3 Å². The average molecular weight is 238 g/mol. The van der Waals surface area contributed by atoms with Gasteiger partial charge < -0.3 is 14.9 Å². The lowest BCUT2D eigenvalue weighted by Gasteiger charge is -2.11. The summed E-state index contributed by atoms with van der Waals surface area (Å²) >= 11 is 0. The molecule has 0 aromatic heterocycles. The van der Waals surface area contributed by atoms with Gasteiger partial charge in [-0.2, -0.15) is 0 Å². The number of aryl methyl sites for hydroxylation is 1. The molecule has 0 saturated heterocycles. The first-order valence-electron chi connectivity index (χ1n) is 5.66. The largest absolute Gasteiger partial charge is 0.508 e. The quantitative estimate of drug-likeness (QED) is 0.773. The molecule has 1 aromatic rings. The van der Waals surface area contributed by atoms with Crippen LogP contribution in [0.15, 0.2) is 18.2 Å². The molecule has 1 atom stereocenters. The van der Waals surface area contributed by atoms with Gasteiger partial charge in [0.15, 0.2) is 0 Å². The molecule has 0 bridgehead atoms. The summed E-state index contributed by atoms with van der Waals surface area (Å²) in [7, 11) is 0. The van der Waals surface area contributed by atoms with Gasteiger partial charge in [0.25, 0.3) is 0 Å². The predicted molar refractivity (Wildman–Crippen MR) is 63.9 cm³/mol. The maximum absolute atomic E-state index is 10.7. The molecule has 0 aliphatic heterocycles. The van der Waals surface area contributed by atoms with Crippen LogP contribution in [0.5, 0.6) is 11.5 Å². The van der Waals surface area contributed by atoms with Crippen molar-refractivity contribution in [1.29, 1.82) is 0 Å². The second-order valence-corrected chi connectivity index (χ2v) is 4.17. The van der Waals surface area contributed by atoms with Crippen molar-refractivity contribution in [2.75, 3.05) is 0 Å². The monoisotopic (exact) mass is 238 g/mol. The van der Waals surface area contributed by atoms with Gasteiger partial charge >= 0.3 is 5.97 Å². The van der Waals surface area contributed by atoms with Gasteiger partial charge in [-0.1, -0.05) is 0 Å². The molecule has 0 aliphatic rings. The zero-order chi connectivity index (χ0) is 12.8. The van der Waals surface area contributed by atoms with E-state index >= 15 is 0 Å². The van der Waals surface area contributed by atoms with Crippen molar-refractivity contribution in [3.63, 3.8) is 0 Å². The maximum Gasteiger partial charge on any atom is 0.302 e. The molecular formula is C13H18O4. The van der Waals surface area contributed by atoms with Crippen LogP contribution >= 0.6 is 0 Å². The van der Waals surface area contributed by atoms with Crippen LogP contribution in [-0.2, 0) is 16.0 Å². The van der Waals surface area contributed by atoms with E-state index in [1.54, 1.807) is 12.1 Å². The molecular weight excluding hydrogens is 220 g/mol. The van der Waals surface area contributed by atoms with Crippen molar-refractivity contribution >= 4 is 5.97 Å². The average Bonchev–Trinajstić information content (AvgIpc) is 2.14. The number of esters is 1. The Labute approximate surface area is 101 Å². The van der Waals surface area contributed by atoms with Crippen molar-refractivity contribution in [1.82, 2.24) is 0 Å². The molecule has 0 unspecified atom stereocenters. The van der Waals surface area contributed by atoms with Crippen LogP contribution < -0.4 is 0 Å². The molecule has 17 heavy (non-hydrogen) atoms. The number of hydrogen-bond donors (Lipinski definition) is 2. The molecule has 1 aromatic carbocycles. The van der Waals surface area contributed by atoms with Crippen LogP contribution in [0.4, 0.5) is 0 Å². The number of carbonyl (C=O) groups is 1. The summed E-state index contributed by atoms with van der Waals surface area (Å²) < 4.78 is 5.00. The van der Waals surface area contributed by atoms with E-state index in [4.69, 9.17) is 4.74 Å². The van der Waals surface area contributed by atoms with Crippen molar-refractivity contribution in [3.05, 3.63) is 23.8 Å².